The lowest BCUT2D eigenvalue weighted by Crippen LogP contribution is -2.32. The second-order valence-electron chi connectivity index (χ2n) is 6.17. The van der Waals surface area contributed by atoms with Crippen molar-refractivity contribution in [3.63, 3.8) is 0 Å². The zero-order valence-electron chi connectivity index (χ0n) is 13.8. The molecule has 1 N–H and O–H groups in total. The van der Waals surface area contributed by atoms with Gasteiger partial charge in [-0.1, -0.05) is 11.6 Å². The molecule has 25 heavy (non-hydrogen) atoms. The maximum Gasteiger partial charge on any atom is 0.311 e. The van der Waals surface area contributed by atoms with E-state index in [9.17, 15) is 14.4 Å². The number of ether oxygens (including phenoxy) is 2. The first-order chi connectivity index (χ1) is 12.0. The molecule has 1 saturated carbocycles. The van der Waals surface area contributed by atoms with Gasteiger partial charge in [0.05, 0.1) is 18.7 Å². The molecule has 0 radical (unpaired) electrons. The zero-order valence-corrected chi connectivity index (χ0v) is 14.5. The number of amides is 2. The van der Waals surface area contributed by atoms with Crippen LogP contribution in [0.15, 0.2) is 18.2 Å². The van der Waals surface area contributed by atoms with E-state index in [-0.39, 0.29) is 37.4 Å². The summed E-state index contributed by atoms with van der Waals surface area (Å²) in [5, 5.41) is 3.20. The Hall–Kier alpha value is -2.28. The van der Waals surface area contributed by atoms with Crippen molar-refractivity contribution in [3.05, 3.63) is 23.2 Å². The van der Waals surface area contributed by atoms with Gasteiger partial charge in [0.1, 0.15) is 5.75 Å². The van der Waals surface area contributed by atoms with Crippen LogP contribution >= 0.6 is 11.6 Å². The van der Waals surface area contributed by atoms with Gasteiger partial charge in [-0.15, -0.1) is 0 Å². The van der Waals surface area contributed by atoms with Gasteiger partial charge in [0.15, 0.2) is 6.61 Å². The summed E-state index contributed by atoms with van der Waals surface area (Å²) in [6, 6.07) is 5.16. The maximum atomic E-state index is 12.3. The molecule has 0 aromatic heterocycles. The fourth-order valence-corrected chi connectivity index (χ4v) is 2.89. The first-order valence-corrected chi connectivity index (χ1v) is 8.45. The molecule has 3 rings (SSSR count). The Morgan fingerprint density at radius 3 is 2.80 bits per heavy atom. The Balaban J connectivity index is 1.60. The van der Waals surface area contributed by atoms with Crippen LogP contribution < -0.4 is 15.0 Å². The summed E-state index contributed by atoms with van der Waals surface area (Å²) in [6.07, 6.45) is 1.96. The maximum absolute atomic E-state index is 12.3. The Morgan fingerprint density at radius 1 is 1.36 bits per heavy atom. The molecule has 1 atom stereocenters. The van der Waals surface area contributed by atoms with Crippen molar-refractivity contribution in [2.45, 2.75) is 25.3 Å². The van der Waals surface area contributed by atoms with Gasteiger partial charge in [-0.2, -0.15) is 0 Å². The lowest BCUT2D eigenvalue weighted by atomic mass is 10.1. The number of hydrogen-bond acceptors (Lipinski definition) is 5. The molecular weight excluding hydrogens is 348 g/mol. The number of esters is 1. The third-order valence-corrected chi connectivity index (χ3v) is 4.41. The molecule has 7 nitrogen and oxygen atoms in total. The topological polar surface area (TPSA) is 84.9 Å². The number of hydrogen-bond donors (Lipinski definition) is 1. The van der Waals surface area contributed by atoms with Gasteiger partial charge >= 0.3 is 5.97 Å². The lowest BCUT2D eigenvalue weighted by Gasteiger charge is -2.19. The fraction of sp³-hybridized carbons (Fsp3) is 0.471. The number of benzene rings is 1. The van der Waals surface area contributed by atoms with E-state index in [2.05, 4.69) is 5.32 Å². The Kier molecular flexibility index (Phi) is 5.13. The summed E-state index contributed by atoms with van der Waals surface area (Å²) in [7, 11) is 1.50. The highest BCUT2D eigenvalue weighted by atomic mass is 35.5. The van der Waals surface area contributed by atoms with Crippen molar-refractivity contribution in [2.24, 2.45) is 5.92 Å². The van der Waals surface area contributed by atoms with Crippen molar-refractivity contribution in [3.8, 4) is 5.75 Å². The summed E-state index contributed by atoms with van der Waals surface area (Å²) in [5.74, 6) is -1.21. The standard InChI is InChI=1S/C17H19ClN2O5/c1-24-14-5-2-11(18)7-13(14)20-8-10(6-16(20)22)17(23)25-9-15(21)19-12-3-4-12/h2,5,7,10,12H,3-4,6,8-9H2,1H3,(H,19,21)/t10-/m0/s1. The number of rotatable bonds is 6. The predicted octanol–water partition coefficient (Wildman–Crippen LogP) is 1.52. The molecule has 1 aromatic carbocycles. The number of carbonyl (C=O) groups is 3. The van der Waals surface area contributed by atoms with Crippen molar-refractivity contribution in [1.29, 1.82) is 0 Å². The van der Waals surface area contributed by atoms with Crippen molar-refractivity contribution in [1.82, 2.24) is 5.32 Å². The summed E-state index contributed by atoms with van der Waals surface area (Å²) in [5.41, 5.74) is 0.516. The second-order valence-corrected chi connectivity index (χ2v) is 6.61. The third-order valence-electron chi connectivity index (χ3n) is 4.18. The van der Waals surface area contributed by atoms with Gasteiger partial charge in [-0.25, -0.2) is 0 Å². The first-order valence-electron chi connectivity index (χ1n) is 8.08. The highest BCUT2D eigenvalue weighted by molar-refractivity contribution is 6.31. The molecule has 1 heterocycles. The van der Waals surface area contributed by atoms with Crippen molar-refractivity contribution < 1.29 is 23.9 Å². The van der Waals surface area contributed by atoms with Crippen LogP contribution in [0.1, 0.15) is 19.3 Å². The monoisotopic (exact) mass is 366 g/mol. The van der Waals surface area contributed by atoms with Crippen LogP contribution in [0, 0.1) is 5.92 Å². The van der Waals surface area contributed by atoms with Crippen LogP contribution in [0.4, 0.5) is 5.69 Å². The summed E-state index contributed by atoms with van der Waals surface area (Å²) in [4.78, 5) is 37.5. The minimum Gasteiger partial charge on any atom is -0.495 e. The summed E-state index contributed by atoms with van der Waals surface area (Å²) >= 11 is 6.00. The average molecular weight is 367 g/mol. The smallest absolute Gasteiger partial charge is 0.311 e. The molecule has 1 aliphatic carbocycles. The van der Waals surface area contributed by atoms with Gasteiger partial charge in [0, 0.05) is 24.0 Å². The lowest BCUT2D eigenvalue weighted by molar-refractivity contribution is -0.152. The minimum atomic E-state index is -0.620. The molecule has 134 valence electrons. The Morgan fingerprint density at radius 2 is 2.12 bits per heavy atom. The van der Waals surface area contributed by atoms with E-state index in [0.717, 1.165) is 12.8 Å². The summed E-state index contributed by atoms with van der Waals surface area (Å²) in [6.45, 7) is -0.154. The van der Waals surface area contributed by atoms with E-state index in [1.54, 1.807) is 18.2 Å². The van der Waals surface area contributed by atoms with Crippen LogP contribution in [-0.2, 0) is 19.1 Å². The SMILES string of the molecule is COc1ccc(Cl)cc1N1C[C@@H](C(=O)OCC(=O)NC2CC2)CC1=O. The molecular formula is C17H19ClN2O5. The van der Waals surface area contributed by atoms with Crippen molar-refractivity contribution in [2.75, 3.05) is 25.2 Å². The summed E-state index contributed by atoms with van der Waals surface area (Å²) < 4.78 is 10.3. The largest absolute Gasteiger partial charge is 0.495 e. The first kappa shape index (κ1) is 17.5. The van der Waals surface area contributed by atoms with Crippen LogP contribution in [0.25, 0.3) is 0 Å². The molecule has 2 aliphatic rings. The van der Waals surface area contributed by atoms with Gasteiger partial charge in [-0.3, -0.25) is 14.4 Å². The quantitative estimate of drug-likeness (QED) is 0.772. The number of carbonyl (C=O) groups excluding carboxylic acids is 3. The van der Waals surface area contributed by atoms with E-state index < -0.39 is 11.9 Å². The van der Waals surface area contributed by atoms with Gasteiger partial charge < -0.3 is 19.7 Å². The van der Waals surface area contributed by atoms with E-state index in [1.807, 2.05) is 0 Å². The Labute approximate surface area is 150 Å². The molecule has 0 bridgehead atoms. The minimum absolute atomic E-state index is 0.0265. The van der Waals surface area contributed by atoms with Gasteiger partial charge in [0.25, 0.3) is 5.91 Å². The number of nitrogens with zero attached hydrogens (tertiary/aromatic N) is 1. The zero-order chi connectivity index (χ0) is 18.0. The van der Waals surface area contributed by atoms with E-state index in [4.69, 9.17) is 21.1 Å². The number of nitrogens with one attached hydrogen (secondary N) is 1. The predicted molar refractivity (Wildman–Crippen MR) is 90.6 cm³/mol. The van der Waals surface area contributed by atoms with Crippen LogP contribution in [0.2, 0.25) is 5.02 Å². The highest BCUT2D eigenvalue weighted by Crippen LogP contribution is 2.35. The fourth-order valence-electron chi connectivity index (χ4n) is 2.72. The van der Waals surface area contributed by atoms with Crippen LogP contribution in [0.3, 0.4) is 0 Å². The number of halogens is 1. The second kappa shape index (κ2) is 7.31. The number of methoxy groups -OCH3 is 1. The molecule has 1 aromatic rings. The van der Waals surface area contributed by atoms with E-state index >= 15 is 0 Å². The van der Waals surface area contributed by atoms with E-state index in [1.165, 1.54) is 12.0 Å². The molecule has 8 heteroatoms. The third kappa shape index (κ3) is 4.22. The van der Waals surface area contributed by atoms with Crippen LogP contribution in [0.5, 0.6) is 5.75 Å². The molecule has 1 aliphatic heterocycles. The molecule has 2 fully saturated rings. The van der Waals surface area contributed by atoms with Gasteiger partial charge in [0.2, 0.25) is 5.91 Å². The highest BCUT2D eigenvalue weighted by Gasteiger charge is 2.37. The normalized spacial score (nSPS) is 19.7. The van der Waals surface area contributed by atoms with Crippen molar-refractivity contribution >= 4 is 35.1 Å². The Bertz CT molecular complexity index is 704. The van der Waals surface area contributed by atoms with E-state index in [0.29, 0.717) is 16.5 Å². The molecule has 2 amide bonds. The van der Waals surface area contributed by atoms with Crippen LogP contribution in [-0.4, -0.2) is 44.1 Å². The molecule has 0 unspecified atom stereocenters. The molecule has 1 saturated heterocycles. The molecule has 0 spiro atoms. The average Bonchev–Trinajstić information content (AvgIpc) is 3.31. The number of anilines is 1. The van der Waals surface area contributed by atoms with Gasteiger partial charge in [-0.05, 0) is 31.0 Å².